The zero-order valence-corrected chi connectivity index (χ0v) is 12.6. The molecule has 0 amide bonds. The second kappa shape index (κ2) is 5.77. The fourth-order valence-corrected chi connectivity index (χ4v) is 2.80. The highest BCUT2D eigenvalue weighted by Crippen LogP contribution is 2.38. The molecule has 1 aliphatic rings. The Balaban J connectivity index is 2.93. The van der Waals surface area contributed by atoms with Crippen LogP contribution in [0.25, 0.3) is 0 Å². The molecule has 1 rings (SSSR count). The molecule has 1 heterocycles. The predicted molar refractivity (Wildman–Crippen MR) is 72.7 cm³/mol. The Labute approximate surface area is 115 Å². The van der Waals surface area contributed by atoms with Crippen molar-refractivity contribution in [2.24, 2.45) is 17.1 Å². The Morgan fingerprint density at radius 3 is 2.42 bits per heavy atom. The van der Waals surface area contributed by atoms with Crippen LogP contribution < -0.4 is 5.73 Å². The van der Waals surface area contributed by atoms with E-state index in [1.807, 2.05) is 34.6 Å². The fourth-order valence-electron chi connectivity index (χ4n) is 2.80. The van der Waals surface area contributed by atoms with Gasteiger partial charge in [0.05, 0.1) is 18.1 Å². The van der Waals surface area contributed by atoms with Crippen molar-refractivity contribution < 1.29 is 19.4 Å². The van der Waals surface area contributed by atoms with E-state index in [2.05, 4.69) is 0 Å². The Morgan fingerprint density at radius 2 is 2.00 bits per heavy atom. The minimum absolute atomic E-state index is 0.0389. The van der Waals surface area contributed by atoms with E-state index in [9.17, 15) is 9.90 Å². The quantitative estimate of drug-likeness (QED) is 0.818. The first-order valence-corrected chi connectivity index (χ1v) is 6.85. The Hall–Kier alpha value is -0.650. The third-order valence-corrected chi connectivity index (χ3v) is 3.44. The standard InChI is InChI=1S/C14H27NO4/c1-13(2,3)11(12(16)17)10-8-9(6-7-15)18-14(4,5)19-10/h9-11H,6-8,15H2,1-5H3,(H,16,17)/t9-,10-,11?/m1/s1. The van der Waals surface area contributed by atoms with Gasteiger partial charge in [-0.1, -0.05) is 20.8 Å². The van der Waals surface area contributed by atoms with Gasteiger partial charge in [-0.15, -0.1) is 0 Å². The van der Waals surface area contributed by atoms with Gasteiger partial charge in [-0.05, 0) is 32.2 Å². The van der Waals surface area contributed by atoms with Gasteiger partial charge in [0.1, 0.15) is 0 Å². The zero-order valence-electron chi connectivity index (χ0n) is 12.6. The van der Waals surface area contributed by atoms with Gasteiger partial charge in [0.15, 0.2) is 5.79 Å². The number of aliphatic carboxylic acids is 1. The Kier molecular flexibility index (Phi) is 4.98. The molecule has 1 fully saturated rings. The van der Waals surface area contributed by atoms with Gasteiger partial charge in [-0.3, -0.25) is 4.79 Å². The molecule has 0 aromatic rings. The molecule has 0 radical (unpaired) electrons. The molecule has 5 heteroatoms. The van der Waals surface area contributed by atoms with E-state index in [1.165, 1.54) is 0 Å². The van der Waals surface area contributed by atoms with Crippen molar-refractivity contribution in [2.75, 3.05) is 6.54 Å². The SMILES string of the molecule is CC1(C)O[C@H](CCN)C[C@H](C(C(=O)O)C(C)(C)C)O1. The van der Waals surface area contributed by atoms with Crippen LogP contribution in [0.2, 0.25) is 0 Å². The van der Waals surface area contributed by atoms with E-state index in [0.29, 0.717) is 13.0 Å². The van der Waals surface area contributed by atoms with Crippen molar-refractivity contribution in [3.8, 4) is 0 Å². The van der Waals surface area contributed by atoms with E-state index in [-0.39, 0.29) is 17.6 Å². The van der Waals surface area contributed by atoms with Crippen LogP contribution in [0.4, 0.5) is 0 Å². The number of rotatable bonds is 4. The van der Waals surface area contributed by atoms with Gasteiger partial charge in [0.2, 0.25) is 0 Å². The number of nitrogens with two attached hydrogens (primary N) is 1. The lowest BCUT2D eigenvalue weighted by Gasteiger charge is -2.45. The van der Waals surface area contributed by atoms with Crippen LogP contribution in [-0.4, -0.2) is 35.6 Å². The maximum atomic E-state index is 11.6. The summed E-state index contributed by atoms with van der Waals surface area (Å²) in [6.45, 7) is 9.95. The van der Waals surface area contributed by atoms with Crippen molar-refractivity contribution in [1.29, 1.82) is 0 Å². The summed E-state index contributed by atoms with van der Waals surface area (Å²) in [5.74, 6) is -2.14. The molecule has 1 saturated heterocycles. The van der Waals surface area contributed by atoms with E-state index in [1.54, 1.807) is 0 Å². The highest BCUT2D eigenvalue weighted by atomic mass is 16.7. The lowest BCUT2D eigenvalue weighted by molar-refractivity contribution is -0.311. The molecule has 1 aliphatic heterocycles. The monoisotopic (exact) mass is 273 g/mol. The molecule has 0 saturated carbocycles. The van der Waals surface area contributed by atoms with Crippen LogP contribution >= 0.6 is 0 Å². The average molecular weight is 273 g/mol. The highest BCUT2D eigenvalue weighted by molar-refractivity contribution is 5.71. The minimum atomic E-state index is -0.818. The van der Waals surface area contributed by atoms with Crippen LogP contribution in [0, 0.1) is 11.3 Å². The smallest absolute Gasteiger partial charge is 0.309 e. The number of hydrogen-bond acceptors (Lipinski definition) is 4. The van der Waals surface area contributed by atoms with Crippen molar-refractivity contribution in [3.05, 3.63) is 0 Å². The largest absolute Gasteiger partial charge is 0.481 e. The first-order chi connectivity index (χ1) is 8.57. The van der Waals surface area contributed by atoms with Crippen molar-refractivity contribution >= 4 is 5.97 Å². The summed E-state index contributed by atoms with van der Waals surface area (Å²) in [4.78, 5) is 11.6. The second-order valence-electron chi connectivity index (χ2n) is 6.79. The first-order valence-electron chi connectivity index (χ1n) is 6.85. The topological polar surface area (TPSA) is 81.8 Å². The van der Waals surface area contributed by atoms with E-state index in [0.717, 1.165) is 6.42 Å². The highest BCUT2D eigenvalue weighted by Gasteiger charge is 2.45. The van der Waals surface area contributed by atoms with E-state index < -0.39 is 17.7 Å². The maximum absolute atomic E-state index is 11.6. The van der Waals surface area contributed by atoms with Gasteiger partial charge in [0, 0.05) is 6.42 Å². The summed E-state index contributed by atoms with van der Waals surface area (Å²) in [6.07, 6.45) is 0.912. The lowest BCUT2D eigenvalue weighted by Crippen LogP contribution is -2.51. The molecule has 5 nitrogen and oxygen atoms in total. The van der Waals surface area contributed by atoms with Crippen molar-refractivity contribution in [2.45, 2.75) is 65.5 Å². The van der Waals surface area contributed by atoms with Crippen molar-refractivity contribution in [3.63, 3.8) is 0 Å². The third kappa shape index (κ3) is 4.44. The summed E-state index contributed by atoms with van der Waals surface area (Å²) >= 11 is 0. The van der Waals surface area contributed by atoms with Crippen LogP contribution in [-0.2, 0) is 14.3 Å². The number of hydrogen-bond donors (Lipinski definition) is 2. The van der Waals surface area contributed by atoms with Gasteiger partial charge in [0.25, 0.3) is 0 Å². The Morgan fingerprint density at radius 1 is 1.42 bits per heavy atom. The molecule has 0 aromatic heterocycles. The molecule has 0 aliphatic carbocycles. The summed E-state index contributed by atoms with van der Waals surface area (Å²) < 4.78 is 11.6. The number of carbonyl (C=O) groups is 1. The van der Waals surface area contributed by atoms with Gasteiger partial charge < -0.3 is 20.3 Å². The lowest BCUT2D eigenvalue weighted by atomic mass is 9.75. The number of carboxylic acid groups (broad SMARTS) is 1. The summed E-state index contributed by atoms with van der Waals surface area (Å²) in [5, 5.41) is 9.50. The first kappa shape index (κ1) is 16.4. The molecule has 1 unspecified atom stereocenters. The summed E-state index contributed by atoms with van der Waals surface area (Å²) in [6, 6.07) is 0. The number of ether oxygens (including phenoxy) is 2. The van der Waals surface area contributed by atoms with Gasteiger partial charge in [-0.25, -0.2) is 0 Å². The minimum Gasteiger partial charge on any atom is -0.481 e. The zero-order chi connectivity index (χ0) is 14.8. The maximum Gasteiger partial charge on any atom is 0.309 e. The third-order valence-electron chi connectivity index (χ3n) is 3.44. The molecule has 3 atom stereocenters. The Bertz CT molecular complexity index is 322. The molecule has 0 bridgehead atoms. The van der Waals surface area contributed by atoms with E-state index >= 15 is 0 Å². The van der Waals surface area contributed by atoms with Crippen LogP contribution in [0.1, 0.15) is 47.5 Å². The molecule has 3 N–H and O–H groups in total. The normalized spacial score (nSPS) is 28.9. The molecular weight excluding hydrogens is 246 g/mol. The summed E-state index contributed by atoms with van der Waals surface area (Å²) in [7, 11) is 0. The average Bonchev–Trinajstić information content (AvgIpc) is 2.11. The molecular formula is C14H27NO4. The van der Waals surface area contributed by atoms with Crippen LogP contribution in [0.5, 0.6) is 0 Å². The number of carboxylic acids is 1. The fraction of sp³-hybridized carbons (Fsp3) is 0.929. The van der Waals surface area contributed by atoms with Crippen molar-refractivity contribution in [1.82, 2.24) is 0 Å². The van der Waals surface area contributed by atoms with Gasteiger partial charge >= 0.3 is 5.97 Å². The summed E-state index contributed by atoms with van der Waals surface area (Å²) in [5.41, 5.74) is 5.21. The molecule has 112 valence electrons. The molecule has 0 aromatic carbocycles. The van der Waals surface area contributed by atoms with Crippen LogP contribution in [0.15, 0.2) is 0 Å². The predicted octanol–water partition coefficient (Wildman–Crippen LogP) is 1.99. The van der Waals surface area contributed by atoms with Crippen LogP contribution in [0.3, 0.4) is 0 Å². The molecule has 0 spiro atoms. The molecule has 19 heavy (non-hydrogen) atoms. The van der Waals surface area contributed by atoms with Gasteiger partial charge in [-0.2, -0.15) is 0 Å². The van der Waals surface area contributed by atoms with E-state index in [4.69, 9.17) is 15.2 Å². The second-order valence-corrected chi connectivity index (χ2v) is 6.79.